The fraction of sp³-hybridized carbons (Fsp3) is 0.721. The molecule has 0 saturated heterocycles. The van der Waals surface area contributed by atoms with E-state index in [-0.39, 0.29) is 29.7 Å². The average molecular weight is 659 g/mol. The van der Waals surface area contributed by atoms with Gasteiger partial charge in [0.05, 0.1) is 0 Å². The molecule has 1 heterocycles. The summed E-state index contributed by atoms with van der Waals surface area (Å²) in [5.74, 6) is 5.15. The fourth-order valence-electron chi connectivity index (χ4n) is 11.0. The second kappa shape index (κ2) is 14.4. The zero-order valence-corrected chi connectivity index (χ0v) is 31.0. The van der Waals surface area contributed by atoms with Crippen molar-refractivity contribution in [3.63, 3.8) is 0 Å². The number of carbonyl (C=O) groups is 1. The highest BCUT2D eigenvalue weighted by Crippen LogP contribution is 2.65. The highest BCUT2D eigenvalue weighted by Gasteiger charge is 2.56. The number of carbonyl (C=O) groups excluding carboxylic acids is 1. The molecule has 0 bridgehead atoms. The van der Waals surface area contributed by atoms with Gasteiger partial charge in [-0.2, -0.15) is 0 Å². The molecule has 3 fully saturated rings. The molecule has 5 heteroatoms. The lowest BCUT2D eigenvalue weighted by Gasteiger charge is -2.61. The van der Waals surface area contributed by atoms with Gasteiger partial charge in [0.2, 0.25) is 0 Å². The first-order chi connectivity index (χ1) is 22.9. The highest BCUT2D eigenvalue weighted by molar-refractivity contribution is 5.82. The van der Waals surface area contributed by atoms with E-state index in [0.717, 1.165) is 77.7 Å². The first-order valence-corrected chi connectivity index (χ1v) is 19.5. The van der Waals surface area contributed by atoms with E-state index in [4.69, 9.17) is 13.9 Å². The normalized spacial score (nSPS) is 32.2. The summed E-state index contributed by atoms with van der Waals surface area (Å²) in [6.07, 6.45) is 19.3. The molecule has 0 amide bonds. The Bertz CT molecular complexity index is 1550. The SMILES string of the molecule is CCCc1c(C)c2ccc(OCC(=O)O[C@H]3CC[C@@]4(C)C(=CC[C@H]5[C@H]6CC[C@H]([C@H](C)CCCC(C)C)C[C@@]6(C)CC[C@@H]54)C3)cc2oc1=O. The van der Waals surface area contributed by atoms with Crippen molar-refractivity contribution in [3.05, 3.63) is 51.4 Å². The molecule has 0 radical (unpaired) electrons. The van der Waals surface area contributed by atoms with E-state index in [2.05, 4.69) is 47.6 Å². The summed E-state index contributed by atoms with van der Waals surface area (Å²) in [5.41, 5.74) is 4.14. The molecule has 0 spiro atoms. The van der Waals surface area contributed by atoms with Gasteiger partial charge in [-0.1, -0.05) is 78.9 Å². The number of aryl methyl sites for hydroxylation is 1. The van der Waals surface area contributed by atoms with Crippen LogP contribution in [-0.2, 0) is 16.0 Å². The van der Waals surface area contributed by atoms with Crippen LogP contribution in [0, 0.1) is 53.3 Å². The van der Waals surface area contributed by atoms with Crippen LogP contribution in [0.1, 0.15) is 136 Å². The molecule has 2 aromatic rings. The van der Waals surface area contributed by atoms with Gasteiger partial charge in [0.1, 0.15) is 17.4 Å². The minimum atomic E-state index is -0.336. The van der Waals surface area contributed by atoms with Crippen molar-refractivity contribution in [2.45, 2.75) is 144 Å². The topological polar surface area (TPSA) is 65.7 Å². The maximum atomic E-state index is 13.0. The second-order valence-electron chi connectivity index (χ2n) is 17.3. The van der Waals surface area contributed by atoms with Crippen molar-refractivity contribution in [2.24, 2.45) is 46.3 Å². The van der Waals surface area contributed by atoms with Gasteiger partial charge < -0.3 is 13.9 Å². The summed E-state index contributed by atoms with van der Waals surface area (Å²) in [4.78, 5) is 25.5. The average Bonchev–Trinajstić information content (AvgIpc) is 3.04. The van der Waals surface area contributed by atoms with Crippen molar-refractivity contribution in [1.29, 1.82) is 0 Å². The lowest BCUT2D eigenvalue weighted by atomic mass is 9.44. The van der Waals surface area contributed by atoms with Crippen molar-refractivity contribution in [3.8, 4) is 5.75 Å². The van der Waals surface area contributed by atoms with Gasteiger partial charge in [-0.25, -0.2) is 9.59 Å². The van der Waals surface area contributed by atoms with Crippen molar-refractivity contribution >= 4 is 16.9 Å². The Labute approximate surface area is 289 Å². The number of benzene rings is 1. The van der Waals surface area contributed by atoms with Crippen molar-refractivity contribution < 1.29 is 18.7 Å². The molecule has 1 aromatic heterocycles. The van der Waals surface area contributed by atoms with Crippen LogP contribution < -0.4 is 10.4 Å². The monoisotopic (exact) mass is 658 g/mol. The van der Waals surface area contributed by atoms with Crippen LogP contribution in [0.15, 0.2) is 39.1 Å². The van der Waals surface area contributed by atoms with E-state index < -0.39 is 0 Å². The molecule has 0 N–H and O–H groups in total. The molecule has 5 nitrogen and oxygen atoms in total. The van der Waals surface area contributed by atoms with E-state index in [9.17, 15) is 9.59 Å². The van der Waals surface area contributed by atoms with Crippen LogP contribution in [0.5, 0.6) is 5.75 Å². The Morgan fingerprint density at radius 2 is 1.85 bits per heavy atom. The Morgan fingerprint density at radius 3 is 2.62 bits per heavy atom. The number of allylic oxidation sites excluding steroid dienone is 1. The first kappa shape index (κ1) is 35.3. The number of hydrogen-bond donors (Lipinski definition) is 0. The lowest BCUT2D eigenvalue weighted by Crippen LogP contribution is -2.52. The molecule has 1 aromatic carbocycles. The second-order valence-corrected chi connectivity index (χ2v) is 17.3. The summed E-state index contributed by atoms with van der Waals surface area (Å²) < 4.78 is 17.4. The zero-order valence-electron chi connectivity index (χ0n) is 31.0. The third-order valence-corrected chi connectivity index (χ3v) is 13.8. The molecule has 8 atom stereocenters. The summed E-state index contributed by atoms with van der Waals surface area (Å²) in [6.45, 7) is 16.3. The van der Waals surface area contributed by atoms with Gasteiger partial charge >= 0.3 is 11.6 Å². The molecule has 4 aliphatic carbocycles. The smallest absolute Gasteiger partial charge is 0.344 e. The van der Waals surface area contributed by atoms with Crippen LogP contribution in [0.4, 0.5) is 0 Å². The van der Waals surface area contributed by atoms with Crippen LogP contribution in [0.3, 0.4) is 0 Å². The third kappa shape index (κ3) is 7.04. The van der Waals surface area contributed by atoms with E-state index in [1.165, 1.54) is 63.4 Å². The number of ether oxygens (including phenoxy) is 2. The van der Waals surface area contributed by atoms with Gasteiger partial charge in [-0.3, -0.25) is 0 Å². The summed E-state index contributed by atoms with van der Waals surface area (Å²) in [7, 11) is 0. The molecule has 0 unspecified atom stereocenters. The summed E-state index contributed by atoms with van der Waals surface area (Å²) >= 11 is 0. The van der Waals surface area contributed by atoms with Crippen LogP contribution >= 0.6 is 0 Å². The fourth-order valence-corrected chi connectivity index (χ4v) is 11.0. The molecular weight excluding hydrogens is 596 g/mol. The lowest BCUT2D eigenvalue weighted by molar-refractivity contribution is -0.154. The number of fused-ring (bicyclic) bond motifs is 6. The van der Waals surface area contributed by atoms with Crippen molar-refractivity contribution in [2.75, 3.05) is 6.61 Å². The number of rotatable bonds is 11. The maximum Gasteiger partial charge on any atom is 0.344 e. The van der Waals surface area contributed by atoms with Gasteiger partial charge in [0, 0.05) is 23.4 Å². The number of hydrogen-bond acceptors (Lipinski definition) is 5. The Balaban J connectivity index is 1.03. The zero-order chi connectivity index (χ0) is 34.2. The molecule has 4 aliphatic rings. The van der Waals surface area contributed by atoms with Crippen LogP contribution in [-0.4, -0.2) is 18.7 Å². The highest BCUT2D eigenvalue weighted by atomic mass is 16.6. The van der Waals surface area contributed by atoms with Gasteiger partial charge in [-0.15, -0.1) is 0 Å². The predicted molar refractivity (Wildman–Crippen MR) is 194 cm³/mol. The van der Waals surface area contributed by atoms with Gasteiger partial charge in [0.15, 0.2) is 6.61 Å². The summed E-state index contributed by atoms with van der Waals surface area (Å²) in [6, 6.07) is 5.45. The standard InChI is InChI=1S/C43H62O5/c1-8-10-35-29(5)34-17-15-32(24-39(34)48-41(35)45)46-26-40(44)47-33-19-22-43(7)31(23-33)14-16-36-37-18-13-30(28(4)12-9-11-27(2)3)25-42(37,6)21-20-38(36)43/h14-15,17,24,27-28,30,33,36-38H,8-13,16,18-23,25-26H2,1-7H3/t28-,30+,33+,36+,37-,38+,42-,43+/m1/s1. The van der Waals surface area contributed by atoms with E-state index in [1.54, 1.807) is 6.07 Å². The van der Waals surface area contributed by atoms with E-state index in [1.807, 2.05) is 19.1 Å². The molecule has 3 saturated carbocycles. The minimum absolute atomic E-state index is 0.0901. The van der Waals surface area contributed by atoms with Gasteiger partial charge in [0.25, 0.3) is 0 Å². The maximum absolute atomic E-state index is 13.0. The predicted octanol–water partition coefficient (Wildman–Crippen LogP) is 10.8. The largest absolute Gasteiger partial charge is 0.482 e. The van der Waals surface area contributed by atoms with Crippen molar-refractivity contribution in [1.82, 2.24) is 0 Å². The van der Waals surface area contributed by atoms with Gasteiger partial charge in [-0.05, 0) is 129 Å². The Hall–Kier alpha value is -2.56. The first-order valence-electron chi connectivity index (χ1n) is 19.5. The molecule has 264 valence electrons. The third-order valence-electron chi connectivity index (χ3n) is 13.8. The molecule has 6 rings (SSSR count). The summed E-state index contributed by atoms with van der Waals surface area (Å²) in [5, 5.41) is 0.901. The molecule has 48 heavy (non-hydrogen) atoms. The Morgan fingerprint density at radius 1 is 1.04 bits per heavy atom. The Kier molecular flexibility index (Phi) is 10.5. The molecular formula is C43H62O5. The quantitative estimate of drug-likeness (QED) is 0.137. The minimum Gasteiger partial charge on any atom is -0.482 e. The molecule has 0 aliphatic heterocycles. The van der Waals surface area contributed by atoms with E-state index in [0.29, 0.717) is 23.2 Å². The van der Waals surface area contributed by atoms with E-state index >= 15 is 0 Å². The number of esters is 1. The van der Waals surface area contributed by atoms with Crippen LogP contribution in [0.25, 0.3) is 11.0 Å². The van der Waals surface area contributed by atoms with Crippen LogP contribution in [0.2, 0.25) is 0 Å².